The molecule has 0 bridgehead atoms. The van der Waals surface area contributed by atoms with E-state index in [0.29, 0.717) is 0 Å². The maximum absolute atomic E-state index is 9.53. The number of benzene rings is 1. The van der Waals surface area contributed by atoms with Crippen LogP contribution < -0.4 is 4.90 Å². The van der Waals surface area contributed by atoms with Crippen LogP contribution in [0.4, 0.5) is 5.95 Å². The van der Waals surface area contributed by atoms with Gasteiger partial charge in [-0.2, -0.15) is 0 Å². The smallest absolute Gasteiger partial charge is 0.225 e. The highest BCUT2D eigenvalue weighted by molar-refractivity contribution is 5.85. The molecule has 1 fully saturated rings. The van der Waals surface area contributed by atoms with Crippen molar-refractivity contribution in [3.8, 4) is 11.5 Å². The number of piperazine rings is 1. The summed E-state index contributed by atoms with van der Waals surface area (Å²) in [5.41, 5.74) is 0.995. The Morgan fingerprint density at radius 2 is 1.64 bits per heavy atom. The van der Waals surface area contributed by atoms with Crippen molar-refractivity contribution >= 4 is 18.4 Å². The molecule has 2 heterocycles. The average molecular weight is 323 g/mol. The number of phenolic OH excluding ortho intramolecular Hbond substituents is 2. The van der Waals surface area contributed by atoms with Crippen molar-refractivity contribution in [1.82, 2.24) is 14.9 Å². The molecule has 0 aliphatic carbocycles. The Kier molecular flexibility index (Phi) is 5.41. The van der Waals surface area contributed by atoms with Gasteiger partial charge in [-0.3, -0.25) is 4.90 Å². The Morgan fingerprint density at radius 3 is 2.27 bits per heavy atom. The van der Waals surface area contributed by atoms with Gasteiger partial charge in [-0.15, -0.1) is 12.4 Å². The first-order chi connectivity index (χ1) is 10.2. The lowest BCUT2D eigenvalue weighted by molar-refractivity contribution is 0.248. The molecule has 118 valence electrons. The van der Waals surface area contributed by atoms with Crippen molar-refractivity contribution in [2.45, 2.75) is 6.54 Å². The summed E-state index contributed by atoms with van der Waals surface area (Å²) >= 11 is 0. The second-order valence-corrected chi connectivity index (χ2v) is 5.14. The molecule has 1 aliphatic heterocycles. The Balaban J connectivity index is 0.00000176. The molecule has 0 unspecified atom stereocenters. The van der Waals surface area contributed by atoms with Crippen LogP contribution in [0, 0.1) is 0 Å². The lowest BCUT2D eigenvalue weighted by Crippen LogP contribution is -2.46. The zero-order chi connectivity index (χ0) is 14.7. The summed E-state index contributed by atoms with van der Waals surface area (Å²) in [6.07, 6.45) is 3.52. The van der Waals surface area contributed by atoms with Crippen molar-refractivity contribution in [3.63, 3.8) is 0 Å². The monoisotopic (exact) mass is 322 g/mol. The minimum atomic E-state index is -0.0789. The van der Waals surface area contributed by atoms with E-state index < -0.39 is 0 Å². The van der Waals surface area contributed by atoms with Crippen LogP contribution in [-0.4, -0.2) is 51.3 Å². The van der Waals surface area contributed by atoms with Gasteiger partial charge in [0.05, 0.1) is 0 Å². The molecule has 2 aromatic rings. The van der Waals surface area contributed by atoms with E-state index in [-0.39, 0.29) is 23.9 Å². The van der Waals surface area contributed by atoms with Gasteiger partial charge < -0.3 is 15.1 Å². The number of anilines is 1. The van der Waals surface area contributed by atoms with Gasteiger partial charge in [-0.05, 0) is 23.8 Å². The van der Waals surface area contributed by atoms with Gasteiger partial charge in [-0.25, -0.2) is 9.97 Å². The first-order valence-corrected chi connectivity index (χ1v) is 6.97. The van der Waals surface area contributed by atoms with Crippen molar-refractivity contribution in [1.29, 1.82) is 0 Å². The molecule has 0 amide bonds. The van der Waals surface area contributed by atoms with Gasteiger partial charge in [0.1, 0.15) is 0 Å². The predicted octanol–water partition coefficient (Wildman–Crippen LogP) is 1.63. The summed E-state index contributed by atoms with van der Waals surface area (Å²) in [6.45, 7) is 4.36. The van der Waals surface area contributed by atoms with Gasteiger partial charge in [0, 0.05) is 45.1 Å². The fourth-order valence-electron chi connectivity index (χ4n) is 2.49. The quantitative estimate of drug-likeness (QED) is 0.837. The highest BCUT2D eigenvalue weighted by atomic mass is 35.5. The number of aromatic nitrogens is 2. The largest absolute Gasteiger partial charge is 0.504 e. The molecule has 1 aromatic heterocycles. The van der Waals surface area contributed by atoms with Crippen LogP contribution in [-0.2, 0) is 6.54 Å². The van der Waals surface area contributed by atoms with Crippen LogP contribution in [0.2, 0.25) is 0 Å². The minimum absolute atomic E-state index is 0. The van der Waals surface area contributed by atoms with E-state index in [2.05, 4.69) is 19.8 Å². The van der Waals surface area contributed by atoms with Crippen LogP contribution >= 0.6 is 12.4 Å². The molecule has 0 spiro atoms. The summed E-state index contributed by atoms with van der Waals surface area (Å²) in [6, 6.07) is 6.79. The number of nitrogens with zero attached hydrogens (tertiary/aromatic N) is 4. The van der Waals surface area contributed by atoms with Gasteiger partial charge in [0.25, 0.3) is 0 Å². The number of hydrogen-bond acceptors (Lipinski definition) is 6. The van der Waals surface area contributed by atoms with Gasteiger partial charge in [0.15, 0.2) is 11.5 Å². The van der Waals surface area contributed by atoms with Crippen molar-refractivity contribution in [3.05, 3.63) is 42.2 Å². The summed E-state index contributed by atoms with van der Waals surface area (Å²) in [7, 11) is 0. The van der Waals surface area contributed by atoms with E-state index in [0.717, 1.165) is 44.2 Å². The fourth-order valence-corrected chi connectivity index (χ4v) is 2.49. The second-order valence-electron chi connectivity index (χ2n) is 5.14. The van der Waals surface area contributed by atoms with Crippen LogP contribution in [0.1, 0.15) is 5.56 Å². The van der Waals surface area contributed by atoms with E-state index in [1.807, 2.05) is 12.1 Å². The minimum Gasteiger partial charge on any atom is -0.504 e. The van der Waals surface area contributed by atoms with E-state index in [1.165, 1.54) is 6.07 Å². The van der Waals surface area contributed by atoms with Crippen LogP contribution in [0.25, 0.3) is 0 Å². The fraction of sp³-hybridized carbons (Fsp3) is 0.333. The third-order valence-electron chi connectivity index (χ3n) is 3.65. The standard InChI is InChI=1S/C15H18N4O2.ClH/c20-13-3-2-12(10-14(13)21)11-18-6-8-19(9-7-18)15-16-4-1-5-17-15;/h1-5,10,20-21H,6-9,11H2;1H. The van der Waals surface area contributed by atoms with E-state index in [9.17, 15) is 10.2 Å². The molecule has 22 heavy (non-hydrogen) atoms. The van der Waals surface area contributed by atoms with E-state index in [4.69, 9.17) is 0 Å². The SMILES string of the molecule is Cl.Oc1ccc(CN2CCN(c3ncccn3)CC2)cc1O. The Hall–Kier alpha value is -2.05. The molecular formula is C15H19ClN4O2. The summed E-state index contributed by atoms with van der Waals surface area (Å²) < 4.78 is 0. The second kappa shape index (κ2) is 7.29. The zero-order valence-corrected chi connectivity index (χ0v) is 12.9. The number of phenols is 2. The van der Waals surface area contributed by atoms with Crippen molar-refractivity contribution in [2.75, 3.05) is 31.1 Å². The van der Waals surface area contributed by atoms with Gasteiger partial charge in [-0.1, -0.05) is 6.07 Å². The highest BCUT2D eigenvalue weighted by Gasteiger charge is 2.18. The number of rotatable bonds is 3. The number of aromatic hydroxyl groups is 2. The van der Waals surface area contributed by atoms with Crippen LogP contribution in [0.5, 0.6) is 11.5 Å². The molecule has 0 atom stereocenters. The third kappa shape index (κ3) is 3.78. The zero-order valence-electron chi connectivity index (χ0n) is 12.1. The first kappa shape index (κ1) is 16.3. The molecule has 2 N–H and O–H groups in total. The molecule has 1 aliphatic rings. The molecule has 6 nitrogen and oxygen atoms in total. The van der Waals surface area contributed by atoms with Crippen molar-refractivity contribution < 1.29 is 10.2 Å². The van der Waals surface area contributed by atoms with Crippen molar-refractivity contribution in [2.24, 2.45) is 0 Å². The molecule has 7 heteroatoms. The Bertz CT molecular complexity index is 604. The topological polar surface area (TPSA) is 72.7 Å². The average Bonchev–Trinajstić information content (AvgIpc) is 2.53. The van der Waals surface area contributed by atoms with Crippen LogP contribution in [0.15, 0.2) is 36.7 Å². The maximum Gasteiger partial charge on any atom is 0.225 e. The molecule has 3 rings (SSSR count). The molecular weight excluding hydrogens is 304 g/mol. The number of hydrogen-bond donors (Lipinski definition) is 2. The third-order valence-corrected chi connectivity index (χ3v) is 3.65. The lowest BCUT2D eigenvalue weighted by atomic mass is 10.1. The van der Waals surface area contributed by atoms with Gasteiger partial charge >= 0.3 is 0 Å². The summed E-state index contributed by atoms with van der Waals surface area (Å²) in [5.74, 6) is 0.632. The van der Waals surface area contributed by atoms with Crippen LogP contribution in [0.3, 0.4) is 0 Å². The highest BCUT2D eigenvalue weighted by Crippen LogP contribution is 2.25. The normalized spacial score (nSPS) is 15.4. The maximum atomic E-state index is 9.53. The predicted molar refractivity (Wildman–Crippen MR) is 86.5 cm³/mol. The van der Waals surface area contributed by atoms with E-state index >= 15 is 0 Å². The van der Waals surface area contributed by atoms with Gasteiger partial charge in [0.2, 0.25) is 5.95 Å². The first-order valence-electron chi connectivity index (χ1n) is 6.97. The Labute approximate surface area is 135 Å². The molecule has 0 radical (unpaired) electrons. The lowest BCUT2D eigenvalue weighted by Gasteiger charge is -2.34. The van der Waals surface area contributed by atoms with E-state index in [1.54, 1.807) is 18.5 Å². The molecule has 1 saturated heterocycles. The number of halogens is 1. The molecule has 1 aromatic carbocycles. The molecule has 0 saturated carbocycles. The summed E-state index contributed by atoms with van der Waals surface area (Å²) in [5, 5.41) is 18.9. The summed E-state index contributed by atoms with van der Waals surface area (Å²) in [4.78, 5) is 13.0. The Morgan fingerprint density at radius 1 is 0.955 bits per heavy atom.